The highest BCUT2D eigenvalue weighted by molar-refractivity contribution is 5.54. The number of nitrogens with zero attached hydrogens (tertiary/aromatic N) is 4. The van der Waals surface area contributed by atoms with E-state index in [0.29, 0.717) is 11.8 Å². The normalized spacial score (nSPS) is 17.4. The monoisotopic (exact) mass is 258 g/mol. The number of benzene rings is 1. The zero-order chi connectivity index (χ0) is 13.1. The zero-order valence-corrected chi connectivity index (χ0v) is 11.1. The van der Waals surface area contributed by atoms with Gasteiger partial charge in [-0.25, -0.2) is 0 Å². The van der Waals surface area contributed by atoms with Crippen LogP contribution in [0.2, 0.25) is 0 Å². The highest BCUT2D eigenvalue weighted by Crippen LogP contribution is 2.20. The number of likely N-dealkylation sites (N-methyl/N-ethyl adjacent to an activating group) is 1. The molecule has 19 heavy (non-hydrogen) atoms. The molecule has 0 aliphatic carbocycles. The molecule has 2 heterocycles. The highest BCUT2D eigenvalue weighted by atomic mass is 16.5. The molecule has 2 aromatic rings. The Morgan fingerprint density at radius 2 is 1.89 bits per heavy atom. The van der Waals surface area contributed by atoms with Gasteiger partial charge in [0.2, 0.25) is 0 Å². The Morgan fingerprint density at radius 3 is 2.74 bits per heavy atom. The lowest BCUT2D eigenvalue weighted by Gasteiger charge is -2.17. The van der Waals surface area contributed by atoms with E-state index in [0.717, 1.165) is 38.2 Å². The first kappa shape index (κ1) is 12.2. The molecule has 0 N–H and O–H groups in total. The van der Waals surface area contributed by atoms with Crippen molar-refractivity contribution in [2.45, 2.75) is 6.42 Å². The summed E-state index contributed by atoms with van der Waals surface area (Å²) in [6.07, 6.45) is 1.13. The summed E-state index contributed by atoms with van der Waals surface area (Å²) >= 11 is 0. The second-order valence-electron chi connectivity index (χ2n) is 4.91. The summed E-state index contributed by atoms with van der Waals surface area (Å²) in [4.78, 5) is 9.03. The quantitative estimate of drug-likeness (QED) is 0.823. The maximum atomic E-state index is 5.36. The second kappa shape index (κ2) is 5.40. The molecule has 5 heteroatoms. The number of rotatable bonds is 2. The van der Waals surface area contributed by atoms with Crippen LogP contribution in [0.5, 0.6) is 0 Å². The fourth-order valence-electron chi connectivity index (χ4n) is 2.29. The zero-order valence-electron chi connectivity index (χ0n) is 11.1. The molecule has 1 aliphatic heterocycles. The van der Waals surface area contributed by atoms with Crippen LogP contribution in [-0.4, -0.2) is 48.3 Å². The first-order valence-electron chi connectivity index (χ1n) is 6.65. The fourth-order valence-corrected chi connectivity index (χ4v) is 2.29. The SMILES string of the molecule is CN1CCCN(c2noc(-c3ccccc3)n2)CC1. The van der Waals surface area contributed by atoms with Gasteiger partial charge in [-0.2, -0.15) is 4.98 Å². The van der Waals surface area contributed by atoms with E-state index >= 15 is 0 Å². The van der Waals surface area contributed by atoms with Crippen LogP contribution in [0.25, 0.3) is 11.5 Å². The Hall–Kier alpha value is -1.88. The Labute approximate surface area is 112 Å². The number of aromatic nitrogens is 2. The Kier molecular flexibility index (Phi) is 3.46. The molecule has 0 saturated carbocycles. The molecule has 0 unspecified atom stereocenters. The minimum Gasteiger partial charge on any atom is -0.337 e. The summed E-state index contributed by atoms with van der Waals surface area (Å²) < 4.78 is 5.36. The number of hydrogen-bond acceptors (Lipinski definition) is 5. The van der Waals surface area contributed by atoms with Crippen LogP contribution in [-0.2, 0) is 0 Å². The Bertz CT molecular complexity index is 525. The third-order valence-electron chi connectivity index (χ3n) is 3.44. The summed E-state index contributed by atoms with van der Waals surface area (Å²) in [5.74, 6) is 1.29. The van der Waals surface area contributed by atoms with Crippen molar-refractivity contribution < 1.29 is 4.52 Å². The summed E-state index contributed by atoms with van der Waals surface area (Å²) in [6.45, 7) is 4.09. The minimum atomic E-state index is 0.591. The number of hydrogen-bond donors (Lipinski definition) is 0. The van der Waals surface area contributed by atoms with Gasteiger partial charge >= 0.3 is 0 Å². The smallest absolute Gasteiger partial charge is 0.266 e. The molecular formula is C14H18N4O. The van der Waals surface area contributed by atoms with E-state index in [1.807, 2.05) is 30.3 Å². The summed E-state index contributed by atoms with van der Waals surface area (Å²) in [7, 11) is 2.15. The van der Waals surface area contributed by atoms with Crippen molar-refractivity contribution in [2.24, 2.45) is 0 Å². The molecule has 0 spiro atoms. The predicted molar refractivity (Wildman–Crippen MR) is 74.1 cm³/mol. The van der Waals surface area contributed by atoms with E-state index in [1.165, 1.54) is 0 Å². The van der Waals surface area contributed by atoms with Gasteiger partial charge in [-0.3, -0.25) is 0 Å². The minimum absolute atomic E-state index is 0.591. The van der Waals surface area contributed by atoms with Crippen LogP contribution in [0.4, 0.5) is 5.95 Å². The maximum absolute atomic E-state index is 5.36. The standard InChI is InChI=1S/C14H18N4O/c1-17-8-5-9-18(11-10-17)14-15-13(19-16-14)12-6-3-2-4-7-12/h2-4,6-7H,5,8-11H2,1H3. The van der Waals surface area contributed by atoms with E-state index < -0.39 is 0 Å². The highest BCUT2D eigenvalue weighted by Gasteiger charge is 2.18. The predicted octanol–water partition coefficient (Wildman–Crippen LogP) is 1.88. The van der Waals surface area contributed by atoms with E-state index in [9.17, 15) is 0 Å². The van der Waals surface area contributed by atoms with Crippen molar-refractivity contribution in [3.05, 3.63) is 30.3 Å². The topological polar surface area (TPSA) is 45.4 Å². The van der Waals surface area contributed by atoms with Gasteiger partial charge in [0, 0.05) is 25.2 Å². The van der Waals surface area contributed by atoms with Crippen molar-refractivity contribution in [2.75, 3.05) is 38.1 Å². The van der Waals surface area contributed by atoms with Crippen molar-refractivity contribution >= 4 is 5.95 Å². The van der Waals surface area contributed by atoms with Crippen LogP contribution in [0.15, 0.2) is 34.9 Å². The van der Waals surface area contributed by atoms with Gasteiger partial charge in [0.15, 0.2) is 0 Å². The first-order valence-corrected chi connectivity index (χ1v) is 6.65. The van der Waals surface area contributed by atoms with Crippen LogP contribution in [0.3, 0.4) is 0 Å². The summed E-state index contributed by atoms with van der Waals surface area (Å²) in [5, 5.41) is 4.10. The molecule has 1 aromatic carbocycles. The lowest BCUT2D eigenvalue weighted by Crippen LogP contribution is -2.29. The molecule has 5 nitrogen and oxygen atoms in total. The lowest BCUT2D eigenvalue weighted by atomic mass is 10.2. The second-order valence-corrected chi connectivity index (χ2v) is 4.91. The average Bonchev–Trinajstić information content (AvgIpc) is 2.84. The molecule has 100 valence electrons. The van der Waals surface area contributed by atoms with Gasteiger partial charge in [-0.05, 0) is 37.3 Å². The Balaban J connectivity index is 1.77. The lowest BCUT2D eigenvalue weighted by molar-refractivity contribution is 0.359. The maximum Gasteiger partial charge on any atom is 0.266 e. The molecule has 0 atom stereocenters. The van der Waals surface area contributed by atoms with Crippen LogP contribution >= 0.6 is 0 Å². The molecule has 0 radical (unpaired) electrons. The van der Waals surface area contributed by atoms with Gasteiger partial charge in [-0.15, -0.1) is 0 Å². The van der Waals surface area contributed by atoms with Crippen LogP contribution in [0.1, 0.15) is 6.42 Å². The van der Waals surface area contributed by atoms with Gasteiger partial charge in [-0.1, -0.05) is 18.2 Å². The van der Waals surface area contributed by atoms with Crippen LogP contribution in [0, 0.1) is 0 Å². The van der Waals surface area contributed by atoms with Gasteiger partial charge in [0.1, 0.15) is 0 Å². The number of anilines is 1. The van der Waals surface area contributed by atoms with Gasteiger partial charge < -0.3 is 14.3 Å². The molecule has 1 aliphatic rings. The van der Waals surface area contributed by atoms with Crippen molar-refractivity contribution in [3.63, 3.8) is 0 Å². The molecule has 1 aromatic heterocycles. The van der Waals surface area contributed by atoms with E-state index in [-0.39, 0.29) is 0 Å². The Morgan fingerprint density at radius 1 is 1.05 bits per heavy atom. The van der Waals surface area contributed by atoms with Crippen molar-refractivity contribution in [1.82, 2.24) is 15.0 Å². The summed E-state index contributed by atoms with van der Waals surface area (Å²) in [6, 6.07) is 9.88. The molecular weight excluding hydrogens is 240 g/mol. The third-order valence-corrected chi connectivity index (χ3v) is 3.44. The van der Waals surface area contributed by atoms with Crippen LogP contribution < -0.4 is 4.90 Å². The largest absolute Gasteiger partial charge is 0.337 e. The van der Waals surface area contributed by atoms with E-state index in [4.69, 9.17) is 4.52 Å². The van der Waals surface area contributed by atoms with Gasteiger partial charge in [0.25, 0.3) is 11.8 Å². The van der Waals surface area contributed by atoms with Crippen molar-refractivity contribution in [1.29, 1.82) is 0 Å². The molecule has 0 bridgehead atoms. The first-order chi connectivity index (χ1) is 9.33. The van der Waals surface area contributed by atoms with Gasteiger partial charge in [0.05, 0.1) is 0 Å². The average molecular weight is 258 g/mol. The summed E-state index contributed by atoms with van der Waals surface area (Å²) in [5.41, 5.74) is 0.966. The third kappa shape index (κ3) is 2.76. The molecule has 1 fully saturated rings. The van der Waals surface area contributed by atoms with E-state index in [2.05, 4.69) is 27.0 Å². The molecule has 0 amide bonds. The van der Waals surface area contributed by atoms with E-state index in [1.54, 1.807) is 0 Å². The molecule has 3 rings (SSSR count). The van der Waals surface area contributed by atoms with Crippen molar-refractivity contribution in [3.8, 4) is 11.5 Å². The fraction of sp³-hybridized carbons (Fsp3) is 0.429. The molecule has 1 saturated heterocycles.